The van der Waals surface area contributed by atoms with E-state index in [2.05, 4.69) is 4.98 Å². The molecule has 0 saturated carbocycles. The maximum Gasteiger partial charge on any atom is 0.253 e. The number of hydroxylamine groups is 2. The molecule has 1 amide bonds. The number of aryl methyl sites for hydroxylation is 1. The molecule has 0 aliphatic heterocycles. The number of benzene rings is 3. The van der Waals surface area contributed by atoms with Crippen LogP contribution >= 0.6 is 0 Å². The molecule has 0 saturated heterocycles. The third kappa shape index (κ3) is 8.17. The minimum Gasteiger partial charge on any atom is -0.507 e. The molecular formula is C31H34N4O6. The number of amides is 1. The molecule has 0 aliphatic rings. The molecule has 1 aromatic heterocycles. The highest BCUT2D eigenvalue weighted by Gasteiger charge is 2.15. The molecule has 4 N–H and O–H groups in total. The Bertz CT molecular complexity index is 1520. The second kappa shape index (κ2) is 13.6. The lowest BCUT2D eigenvalue weighted by atomic mass is 10.2. The van der Waals surface area contributed by atoms with Gasteiger partial charge in [0.25, 0.3) is 11.5 Å². The lowest BCUT2D eigenvalue weighted by molar-refractivity contribution is -0.0702. The van der Waals surface area contributed by atoms with Crippen molar-refractivity contribution in [1.82, 2.24) is 14.6 Å². The van der Waals surface area contributed by atoms with E-state index < -0.39 is 12.0 Å². The molecule has 0 spiro atoms. The summed E-state index contributed by atoms with van der Waals surface area (Å²) >= 11 is 0. The zero-order valence-corrected chi connectivity index (χ0v) is 23.1. The quantitative estimate of drug-likeness (QED) is 0.212. The van der Waals surface area contributed by atoms with Crippen LogP contribution in [0.5, 0.6) is 17.2 Å². The number of carbonyl (C=O) groups is 1. The Morgan fingerprint density at radius 1 is 1.05 bits per heavy atom. The van der Waals surface area contributed by atoms with Crippen LogP contribution in [0.4, 0.5) is 0 Å². The van der Waals surface area contributed by atoms with Crippen LogP contribution in [0.1, 0.15) is 34.5 Å². The van der Waals surface area contributed by atoms with Crippen molar-refractivity contribution in [3.05, 3.63) is 106 Å². The van der Waals surface area contributed by atoms with Gasteiger partial charge < -0.3 is 25.5 Å². The van der Waals surface area contributed by atoms with Gasteiger partial charge in [0.2, 0.25) is 0 Å². The number of aliphatic hydroxyl groups is 1. The van der Waals surface area contributed by atoms with Crippen LogP contribution in [0, 0.1) is 6.92 Å². The van der Waals surface area contributed by atoms with Gasteiger partial charge in [-0.15, -0.1) is 5.06 Å². The summed E-state index contributed by atoms with van der Waals surface area (Å²) in [5.41, 5.74) is 7.66. The average molecular weight is 559 g/mol. The number of rotatable bonds is 13. The van der Waals surface area contributed by atoms with Crippen LogP contribution in [0.15, 0.2) is 83.7 Å². The normalized spacial score (nSPS) is 11.8. The van der Waals surface area contributed by atoms with E-state index in [0.717, 1.165) is 11.1 Å². The molecule has 1 heterocycles. The topological polar surface area (TPSA) is 140 Å². The lowest BCUT2D eigenvalue weighted by Crippen LogP contribution is -2.29. The Kier molecular flexibility index (Phi) is 9.73. The van der Waals surface area contributed by atoms with Gasteiger partial charge in [-0.1, -0.05) is 30.3 Å². The first-order valence-electron chi connectivity index (χ1n) is 13.2. The molecule has 3 aromatic carbocycles. The van der Waals surface area contributed by atoms with Crippen molar-refractivity contribution in [3.8, 4) is 28.6 Å². The molecular weight excluding hydrogens is 524 g/mol. The van der Waals surface area contributed by atoms with E-state index >= 15 is 0 Å². The fourth-order valence-corrected chi connectivity index (χ4v) is 4.25. The van der Waals surface area contributed by atoms with E-state index in [1.165, 1.54) is 22.8 Å². The summed E-state index contributed by atoms with van der Waals surface area (Å²) in [4.78, 5) is 34.2. The Labute approximate surface area is 238 Å². The number of nitrogens with two attached hydrogens (primary N) is 1. The lowest BCUT2D eigenvalue weighted by Gasteiger charge is -2.23. The molecule has 0 radical (unpaired) electrons. The molecule has 4 aromatic rings. The summed E-state index contributed by atoms with van der Waals surface area (Å²) in [6.45, 7) is 2.84. The Morgan fingerprint density at radius 3 is 2.46 bits per heavy atom. The van der Waals surface area contributed by atoms with Gasteiger partial charge in [-0.2, -0.15) is 0 Å². The number of phenols is 1. The van der Waals surface area contributed by atoms with Gasteiger partial charge in [0, 0.05) is 30.9 Å². The van der Waals surface area contributed by atoms with E-state index in [9.17, 15) is 19.8 Å². The Morgan fingerprint density at radius 2 is 1.76 bits per heavy atom. The highest BCUT2D eigenvalue weighted by molar-refractivity contribution is 5.95. The van der Waals surface area contributed by atoms with Gasteiger partial charge in [0.15, 0.2) is 0 Å². The molecule has 10 nitrogen and oxygen atoms in total. The first kappa shape index (κ1) is 29.3. The monoisotopic (exact) mass is 558 g/mol. The minimum absolute atomic E-state index is 0.0260. The minimum atomic E-state index is -0.752. The van der Waals surface area contributed by atoms with Crippen molar-refractivity contribution >= 4 is 5.91 Å². The van der Waals surface area contributed by atoms with Crippen molar-refractivity contribution in [2.45, 2.75) is 32.4 Å². The predicted molar refractivity (Wildman–Crippen MR) is 154 cm³/mol. The molecule has 0 aliphatic carbocycles. The summed E-state index contributed by atoms with van der Waals surface area (Å²) in [7, 11) is 1.68. The fraction of sp³-hybridized carbons (Fsp3) is 0.258. The molecule has 1 atom stereocenters. The maximum absolute atomic E-state index is 12.1. The van der Waals surface area contributed by atoms with Crippen molar-refractivity contribution in [3.63, 3.8) is 0 Å². The number of aromatic hydroxyl groups is 1. The van der Waals surface area contributed by atoms with Crippen LogP contribution in [-0.4, -0.2) is 50.0 Å². The molecule has 1 unspecified atom stereocenters. The van der Waals surface area contributed by atoms with E-state index in [1.54, 1.807) is 37.2 Å². The van der Waals surface area contributed by atoms with Gasteiger partial charge in [-0.05, 0) is 67.8 Å². The van der Waals surface area contributed by atoms with Gasteiger partial charge >= 0.3 is 0 Å². The van der Waals surface area contributed by atoms with Crippen LogP contribution in [0.2, 0.25) is 0 Å². The van der Waals surface area contributed by atoms with Crippen molar-refractivity contribution in [2.75, 3.05) is 13.2 Å². The number of nitrogens with zero attached hydrogens (tertiary/aromatic N) is 3. The highest BCUT2D eigenvalue weighted by atomic mass is 16.7. The number of ether oxygens (including phenoxy) is 1. The van der Waals surface area contributed by atoms with Crippen LogP contribution in [0.3, 0.4) is 0 Å². The summed E-state index contributed by atoms with van der Waals surface area (Å²) < 4.78 is 7.28. The van der Waals surface area contributed by atoms with Crippen molar-refractivity contribution in [2.24, 2.45) is 12.8 Å². The number of aliphatic hydroxyl groups excluding tert-OH is 1. The average Bonchev–Trinajstić information content (AvgIpc) is 2.95. The van der Waals surface area contributed by atoms with Crippen molar-refractivity contribution in [1.29, 1.82) is 0 Å². The second-order valence-corrected chi connectivity index (χ2v) is 9.73. The molecule has 10 heteroatoms. The Balaban J connectivity index is 1.32. The van der Waals surface area contributed by atoms with E-state index in [0.29, 0.717) is 48.9 Å². The largest absolute Gasteiger partial charge is 0.507 e. The van der Waals surface area contributed by atoms with Gasteiger partial charge in [-0.25, -0.2) is 4.98 Å². The molecule has 41 heavy (non-hydrogen) atoms. The first-order chi connectivity index (χ1) is 19.7. The molecule has 0 bridgehead atoms. The smallest absolute Gasteiger partial charge is 0.253 e. The molecule has 4 rings (SSSR count). The maximum atomic E-state index is 12.1. The summed E-state index contributed by atoms with van der Waals surface area (Å²) in [5, 5.41) is 22.2. The Hall–Kier alpha value is -4.67. The van der Waals surface area contributed by atoms with Crippen LogP contribution in [0.25, 0.3) is 11.4 Å². The number of hydrogen-bond donors (Lipinski definition) is 3. The number of primary amides is 1. The summed E-state index contributed by atoms with van der Waals surface area (Å²) in [5.74, 6) is 0.562. The van der Waals surface area contributed by atoms with Crippen molar-refractivity contribution < 1.29 is 24.6 Å². The number of carbonyl (C=O) groups excluding carboxylic acids is 1. The zero-order chi connectivity index (χ0) is 29.4. The third-order valence-corrected chi connectivity index (χ3v) is 6.43. The first-order valence-corrected chi connectivity index (χ1v) is 13.2. The van der Waals surface area contributed by atoms with Crippen LogP contribution in [-0.2, 0) is 13.6 Å². The van der Waals surface area contributed by atoms with Gasteiger partial charge in [0.05, 0.1) is 18.2 Å². The standard InChI is InChI=1S/C31H34N4O6/c1-21-17-29(38)34(2)31(33-21)23-10-12-25(13-11-23)40-20-24(36)9-6-16-35(19-22-7-4-3-5-8-22)41-26-14-15-28(37)27(18-26)30(32)39/h3-5,7-8,10-15,17-18,24,36-37H,6,9,16,19-20H2,1-2H3,(H2,32,39). The SMILES string of the molecule is Cc1cc(=O)n(C)c(-c2ccc(OCC(O)CCCN(Cc3ccccc3)Oc3ccc(O)c(C(N)=O)c3)cc2)n1. The molecule has 214 valence electrons. The molecule has 0 fully saturated rings. The van der Waals surface area contributed by atoms with E-state index in [-0.39, 0.29) is 23.5 Å². The van der Waals surface area contributed by atoms with Gasteiger partial charge in [-0.3, -0.25) is 14.2 Å². The van der Waals surface area contributed by atoms with Crippen LogP contribution < -0.4 is 20.9 Å². The summed E-state index contributed by atoms with van der Waals surface area (Å²) in [6.07, 6.45) is 0.358. The van der Waals surface area contributed by atoms with Gasteiger partial charge in [0.1, 0.15) is 29.7 Å². The number of hydrogen-bond acceptors (Lipinski definition) is 8. The fourth-order valence-electron chi connectivity index (χ4n) is 4.25. The highest BCUT2D eigenvalue weighted by Crippen LogP contribution is 2.24. The number of aromatic nitrogens is 2. The summed E-state index contributed by atoms with van der Waals surface area (Å²) in [6, 6.07) is 22.8. The predicted octanol–water partition coefficient (Wildman–Crippen LogP) is 3.58. The van der Waals surface area contributed by atoms with E-state index in [4.69, 9.17) is 15.3 Å². The third-order valence-electron chi connectivity index (χ3n) is 6.43. The second-order valence-electron chi connectivity index (χ2n) is 9.73. The van der Waals surface area contributed by atoms with E-state index in [1.807, 2.05) is 42.5 Å². The zero-order valence-electron chi connectivity index (χ0n) is 23.1.